The summed E-state index contributed by atoms with van der Waals surface area (Å²) in [6.07, 6.45) is 3.45. The first kappa shape index (κ1) is 23.4. The van der Waals surface area contributed by atoms with Crippen LogP contribution in [0.4, 0.5) is 11.5 Å². The molecule has 9 nitrogen and oxygen atoms in total. The number of nitrogens with one attached hydrogen (secondary N) is 1. The van der Waals surface area contributed by atoms with Gasteiger partial charge in [0.05, 0.1) is 11.4 Å². The van der Waals surface area contributed by atoms with E-state index in [4.69, 9.17) is 11.5 Å². The highest BCUT2D eigenvalue weighted by molar-refractivity contribution is 7.98. The molecule has 2 amide bonds. The van der Waals surface area contributed by atoms with Crippen molar-refractivity contribution in [2.45, 2.75) is 24.3 Å². The Morgan fingerprint density at radius 3 is 2.52 bits per heavy atom. The number of nitrogens with two attached hydrogens (primary N) is 2. The summed E-state index contributed by atoms with van der Waals surface area (Å²) in [5.41, 5.74) is 14.7. The number of rotatable bonds is 8. The highest BCUT2D eigenvalue weighted by Crippen LogP contribution is 2.29. The SMILES string of the molecule is CC(=O)Nc1ccc(-c2nc(SCc3cccc(CC=CC(N)=O)n3)nc(N)c2C#N)cc1. The van der Waals surface area contributed by atoms with Gasteiger partial charge in [-0.1, -0.05) is 36.0 Å². The number of thioether (sulfide) groups is 1. The number of nitrogens with zero attached hydrogens (tertiary/aromatic N) is 4. The van der Waals surface area contributed by atoms with E-state index < -0.39 is 5.91 Å². The van der Waals surface area contributed by atoms with Gasteiger partial charge in [0, 0.05) is 36.0 Å². The summed E-state index contributed by atoms with van der Waals surface area (Å²) >= 11 is 1.34. The van der Waals surface area contributed by atoms with Gasteiger partial charge in [0.1, 0.15) is 17.5 Å². The van der Waals surface area contributed by atoms with Crippen LogP contribution in [0.2, 0.25) is 0 Å². The van der Waals surface area contributed by atoms with Crippen molar-refractivity contribution < 1.29 is 9.59 Å². The molecule has 0 saturated carbocycles. The van der Waals surface area contributed by atoms with E-state index in [1.54, 1.807) is 30.3 Å². The number of primary amides is 1. The van der Waals surface area contributed by atoms with Gasteiger partial charge >= 0.3 is 0 Å². The maximum absolute atomic E-state index is 11.2. The van der Waals surface area contributed by atoms with Gasteiger partial charge in [-0.2, -0.15) is 5.26 Å². The fraction of sp³-hybridized carbons (Fsp3) is 0.130. The zero-order valence-corrected chi connectivity index (χ0v) is 18.6. The molecule has 0 radical (unpaired) electrons. The number of hydrogen-bond acceptors (Lipinski definition) is 8. The number of benzene rings is 1. The molecular weight excluding hydrogens is 438 g/mol. The number of allylic oxidation sites excluding steroid dienone is 1. The van der Waals surface area contributed by atoms with Crippen molar-refractivity contribution in [2.75, 3.05) is 11.1 Å². The minimum absolute atomic E-state index is 0.0919. The molecule has 0 fully saturated rings. The molecule has 10 heteroatoms. The van der Waals surface area contributed by atoms with Gasteiger partial charge in [-0.3, -0.25) is 14.6 Å². The van der Waals surface area contributed by atoms with Crippen LogP contribution in [0.3, 0.4) is 0 Å². The van der Waals surface area contributed by atoms with E-state index in [1.807, 2.05) is 18.2 Å². The van der Waals surface area contributed by atoms with Crippen molar-refractivity contribution in [3.8, 4) is 17.3 Å². The summed E-state index contributed by atoms with van der Waals surface area (Å²) in [4.78, 5) is 35.4. The number of amides is 2. The predicted molar refractivity (Wildman–Crippen MR) is 127 cm³/mol. The van der Waals surface area contributed by atoms with Gasteiger partial charge < -0.3 is 16.8 Å². The Morgan fingerprint density at radius 1 is 1.12 bits per heavy atom. The molecule has 5 N–H and O–H groups in total. The topological polar surface area (TPSA) is 161 Å². The second-order valence-electron chi connectivity index (χ2n) is 6.90. The number of aromatic nitrogens is 3. The molecule has 3 aromatic rings. The first-order chi connectivity index (χ1) is 15.9. The standard InChI is InChI=1S/C23H21N7O2S/c1-14(31)27-17-10-8-15(9-11-17)21-19(12-24)22(26)30-23(29-21)33-13-18-6-2-4-16(28-18)5-3-7-20(25)32/h2-4,6-11H,5,13H2,1H3,(H2,25,32)(H,27,31)(H2,26,29,30). The molecule has 0 spiro atoms. The number of nitrogen functional groups attached to an aromatic ring is 1. The minimum atomic E-state index is -0.502. The maximum Gasteiger partial charge on any atom is 0.241 e. The van der Waals surface area contributed by atoms with Crippen LogP contribution < -0.4 is 16.8 Å². The van der Waals surface area contributed by atoms with Crippen molar-refractivity contribution in [3.05, 3.63) is 71.6 Å². The van der Waals surface area contributed by atoms with Crippen LogP contribution in [0, 0.1) is 11.3 Å². The summed E-state index contributed by atoms with van der Waals surface area (Å²) in [7, 11) is 0. The lowest BCUT2D eigenvalue weighted by atomic mass is 10.1. The normalized spacial score (nSPS) is 10.7. The van der Waals surface area contributed by atoms with Crippen molar-refractivity contribution >= 4 is 35.1 Å². The van der Waals surface area contributed by atoms with Crippen LogP contribution in [0.25, 0.3) is 11.3 Å². The average Bonchev–Trinajstić information content (AvgIpc) is 2.77. The maximum atomic E-state index is 11.2. The van der Waals surface area contributed by atoms with Gasteiger partial charge in [-0.15, -0.1) is 0 Å². The zero-order chi connectivity index (χ0) is 23.8. The Kier molecular flexibility index (Phi) is 7.73. The molecule has 0 unspecified atom stereocenters. The number of nitriles is 1. The van der Waals surface area contributed by atoms with Gasteiger partial charge in [-0.25, -0.2) is 9.97 Å². The van der Waals surface area contributed by atoms with Crippen LogP contribution in [0.15, 0.2) is 59.8 Å². The number of pyridine rings is 1. The third-order valence-corrected chi connectivity index (χ3v) is 5.21. The first-order valence-electron chi connectivity index (χ1n) is 9.85. The van der Waals surface area contributed by atoms with Crippen molar-refractivity contribution in [1.29, 1.82) is 5.26 Å². The summed E-state index contributed by atoms with van der Waals surface area (Å²) < 4.78 is 0. The monoisotopic (exact) mass is 459 g/mol. The molecule has 2 aromatic heterocycles. The molecular formula is C23H21N7O2S. The van der Waals surface area contributed by atoms with E-state index in [0.29, 0.717) is 34.3 Å². The van der Waals surface area contributed by atoms with Gasteiger partial charge in [-0.05, 0) is 30.3 Å². The molecule has 2 heterocycles. The van der Waals surface area contributed by atoms with Crippen LogP contribution >= 0.6 is 11.8 Å². The Morgan fingerprint density at radius 2 is 1.85 bits per heavy atom. The van der Waals surface area contributed by atoms with Gasteiger partial charge in [0.15, 0.2) is 5.16 Å². The summed E-state index contributed by atoms with van der Waals surface area (Å²) in [6, 6.07) is 14.7. The first-order valence-corrected chi connectivity index (χ1v) is 10.8. The quantitative estimate of drug-likeness (QED) is 0.263. The van der Waals surface area contributed by atoms with Crippen LogP contribution in [0.5, 0.6) is 0 Å². The smallest absolute Gasteiger partial charge is 0.241 e. The van der Waals surface area contributed by atoms with Crippen molar-refractivity contribution in [2.24, 2.45) is 5.73 Å². The minimum Gasteiger partial charge on any atom is -0.382 e. The largest absolute Gasteiger partial charge is 0.382 e. The van der Waals surface area contributed by atoms with E-state index in [2.05, 4.69) is 26.3 Å². The molecule has 166 valence electrons. The van der Waals surface area contributed by atoms with Crippen LogP contribution in [-0.4, -0.2) is 26.8 Å². The third kappa shape index (κ3) is 6.62. The van der Waals surface area contributed by atoms with E-state index in [1.165, 1.54) is 24.8 Å². The lowest BCUT2D eigenvalue weighted by molar-refractivity contribution is -0.114. The van der Waals surface area contributed by atoms with E-state index >= 15 is 0 Å². The van der Waals surface area contributed by atoms with E-state index in [-0.39, 0.29) is 17.3 Å². The molecule has 0 saturated heterocycles. The summed E-state index contributed by atoms with van der Waals surface area (Å²) in [5.74, 6) is -0.0985. The van der Waals surface area contributed by atoms with E-state index in [0.717, 1.165) is 11.4 Å². The Balaban J connectivity index is 1.80. The second kappa shape index (κ2) is 10.9. The highest BCUT2D eigenvalue weighted by atomic mass is 32.2. The molecule has 33 heavy (non-hydrogen) atoms. The van der Waals surface area contributed by atoms with Crippen LogP contribution in [0.1, 0.15) is 23.9 Å². The molecule has 1 aromatic carbocycles. The molecule has 0 aliphatic rings. The molecule has 3 rings (SSSR count). The third-order valence-electron chi connectivity index (χ3n) is 4.33. The Bertz CT molecular complexity index is 1250. The lowest BCUT2D eigenvalue weighted by Crippen LogP contribution is -2.06. The highest BCUT2D eigenvalue weighted by Gasteiger charge is 2.15. The molecule has 0 bridgehead atoms. The number of carbonyl (C=O) groups excluding carboxylic acids is 2. The fourth-order valence-electron chi connectivity index (χ4n) is 2.91. The van der Waals surface area contributed by atoms with E-state index in [9.17, 15) is 14.9 Å². The summed E-state index contributed by atoms with van der Waals surface area (Å²) in [5, 5.41) is 12.7. The Hall–Kier alpha value is -4.23. The molecule has 0 atom stereocenters. The number of anilines is 2. The van der Waals surface area contributed by atoms with Gasteiger partial charge in [0.2, 0.25) is 11.8 Å². The zero-order valence-electron chi connectivity index (χ0n) is 17.8. The number of hydrogen-bond donors (Lipinski definition) is 3. The number of carbonyl (C=O) groups is 2. The predicted octanol–water partition coefficient (Wildman–Crippen LogP) is 2.83. The van der Waals surface area contributed by atoms with Crippen molar-refractivity contribution in [3.63, 3.8) is 0 Å². The molecule has 0 aliphatic carbocycles. The summed E-state index contributed by atoms with van der Waals surface area (Å²) in [6.45, 7) is 1.43. The van der Waals surface area contributed by atoms with Crippen LogP contribution in [-0.2, 0) is 21.8 Å². The molecule has 0 aliphatic heterocycles. The van der Waals surface area contributed by atoms with Gasteiger partial charge in [0.25, 0.3) is 0 Å². The van der Waals surface area contributed by atoms with Crippen molar-refractivity contribution in [1.82, 2.24) is 15.0 Å². The lowest BCUT2D eigenvalue weighted by Gasteiger charge is -2.10. The Labute approximate surface area is 195 Å². The fourth-order valence-corrected chi connectivity index (χ4v) is 3.67. The average molecular weight is 460 g/mol. The second-order valence-corrected chi connectivity index (χ2v) is 7.85.